The summed E-state index contributed by atoms with van der Waals surface area (Å²) in [5, 5.41) is 3.49. The van der Waals surface area contributed by atoms with Gasteiger partial charge >= 0.3 is 0 Å². The molecule has 3 aliphatic rings. The maximum absolute atomic E-state index is 6.44. The van der Waals surface area contributed by atoms with Crippen molar-refractivity contribution in [1.29, 1.82) is 0 Å². The Balaban J connectivity index is 1.53. The second kappa shape index (κ2) is 4.89. The van der Waals surface area contributed by atoms with Crippen LogP contribution in [0.15, 0.2) is 0 Å². The first-order valence-electron chi connectivity index (χ1n) is 7.66. The van der Waals surface area contributed by atoms with Crippen LogP contribution in [0, 0.1) is 5.92 Å². The largest absolute Gasteiger partial charge is 0.372 e. The summed E-state index contributed by atoms with van der Waals surface area (Å²) in [4.78, 5) is 0. The van der Waals surface area contributed by atoms with Crippen molar-refractivity contribution >= 4 is 0 Å². The lowest BCUT2D eigenvalue weighted by Gasteiger charge is -2.26. The van der Waals surface area contributed by atoms with Gasteiger partial charge < -0.3 is 10.1 Å². The zero-order valence-electron chi connectivity index (χ0n) is 11.2. The Morgan fingerprint density at radius 2 is 1.88 bits per heavy atom. The molecule has 0 radical (unpaired) electrons. The summed E-state index contributed by atoms with van der Waals surface area (Å²) >= 11 is 0. The van der Waals surface area contributed by atoms with Gasteiger partial charge in [-0.05, 0) is 57.9 Å². The molecule has 1 N–H and O–H groups in total. The average Bonchev–Trinajstić information content (AvgIpc) is 3.03. The van der Waals surface area contributed by atoms with Gasteiger partial charge in [-0.25, -0.2) is 0 Å². The molecule has 0 aromatic carbocycles. The predicted octanol–water partition coefficient (Wildman–Crippen LogP) is 3.26. The molecule has 0 aromatic rings. The smallest absolute Gasteiger partial charge is 0.0687 e. The molecule has 3 unspecified atom stereocenters. The van der Waals surface area contributed by atoms with Gasteiger partial charge in [0.15, 0.2) is 0 Å². The number of nitrogens with one attached hydrogen (secondary N) is 1. The van der Waals surface area contributed by atoms with Crippen molar-refractivity contribution in [2.75, 3.05) is 7.05 Å². The minimum absolute atomic E-state index is 0.332. The second-order valence-electron chi connectivity index (χ2n) is 6.49. The average molecular weight is 237 g/mol. The Hall–Kier alpha value is -0.0800. The summed E-state index contributed by atoms with van der Waals surface area (Å²) in [6.45, 7) is 0. The van der Waals surface area contributed by atoms with Crippen LogP contribution in [0.1, 0.15) is 64.2 Å². The van der Waals surface area contributed by atoms with Crippen LogP contribution >= 0.6 is 0 Å². The highest BCUT2D eigenvalue weighted by molar-refractivity contribution is 4.94. The zero-order valence-corrected chi connectivity index (χ0v) is 11.2. The van der Waals surface area contributed by atoms with Crippen molar-refractivity contribution in [3.63, 3.8) is 0 Å². The number of rotatable bonds is 3. The van der Waals surface area contributed by atoms with Gasteiger partial charge in [-0.3, -0.25) is 0 Å². The molecule has 0 aromatic heterocycles. The standard InChI is InChI=1S/C15H27NO/c1-16-14-6-4-5-12(14)11-13-7-10-15(17-13)8-2-3-9-15/h12-14,16H,2-11H2,1H3. The summed E-state index contributed by atoms with van der Waals surface area (Å²) < 4.78 is 6.44. The van der Waals surface area contributed by atoms with Crippen molar-refractivity contribution in [1.82, 2.24) is 5.32 Å². The molecule has 3 fully saturated rings. The fourth-order valence-electron chi connectivity index (χ4n) is 4.49. The number of hydrogen-bond donors (Lipinski definition) is 1. The van der Waals surface area contributed by atoms with Crippen molar-refractivity contribution < 1.29 is 4.74 Å². The first kappa shape index (κ1) is 12.0. The first-order valence-corrected chi connectivity index (χ1v) is 7.66. The maximum atomic E-state index is 6.44. The Bertz CT molecular complexity index is 260. The lowest BCUT2D eigenvalue weighted by Crippen LogP contribution is -2.32. The molecular formula is C15H27NO. The highest BCUT2D eigenvalue weighted by atomic mass is 16.5. The zero-order chi connectivity index (χ0) is 11.7. The van der Waals surface area contributed by atoms with E-state index < -0.39 is 0 Å². The van der Waals surface area contributed by atoms with Gasteiger partial charge in [-0.2, -0.15) is 0 Å². The lowest BCUT2D eigenvalue weighted by atomic mass is 9.93. The van der Waals surface area contributed by atoms with Crippen LogP contribution in [0.2, 0.25) is 0 Å². The third kappa shape index (κ3) is 2.39. The van der Waals surface area contributed by atoms with Crippen LogP contribution in [-0.4, -0.2) is 24.8 Å². The molecule has 2 heteroatoms. The van der Waals surface area contributed by atoms with Crippen LogP contribution < -0.4 is 5.32 Å². The maximum Gasteiger partial charge on any atom is 0.0687 e. The normalized spacial score (nSPS) is 40.4. The van der Waals surface area contributed by atoms with E-state index >= 15 is 0 Å². The molecule has 3 atom stereocenters. The van der Waals surface area contributed by atoms with E-state index in [1.807, 2.05) is 0 Å². The van der Waals surface area contributed by atoms with Crippen molar-refractivity contribution in [2.24, 2.45) is 5.92 Å². The molecule has 1 heterocycles. The second-order valence-corrected chi connectivity index (χ2v) is 6.49. The SMILES string of the molecule is CNC1CCCC1CC1CCC2(CCCC2)O1. The van der Waals surface area contributed by atoms with E-state index in [-0.39, 0.29) is 0 Å². The Kier molecular flexibility index (Phi) is 3.45. The van der Waals surface area contributed by atoms with Crippen LogP contribution in [0.3, 0.4) is 0 Å². The van der Waals surface area contributed by atoms with Gasteiger partial charge in [0.1, 0.15) is 0 Å². The summed E-state index contributed by atoms with van der Waals surface area (Å²) in [5.41, 5.74) is 0.332. The van der Waals surface area contributed by atoms with E-state index in [9.17, 15) is 0 Å². The van der Waals surface area contributed by atoms with Crippen LogP contribution in [0.25, 0.3) is 0 Å². The molecule has 3 rings (SSSR count). The van der Waals surface area contributed by atoms with Crippen LogP contribution in [-0.2, 0) is 4.74 Å². The van der Waals surface area contributed by atoms with E-state index in [1.165, 1.54) is 64.2 Å². The van der Waals surface area contributed by atoms with Crippen LogP contribution in [0.5, 0.6) is 0 Å². The molecule has 2 saturated carbocycles. The van der Waals surface area contributed by atoms with Crippen molar-refractivity contribution in [3.8, 4) is 0 Å². The fourth-order valence-corrected chi connectivity index (χ4v) is 4.49. The molecule has 1 aliphatic heterocycles. The third-order valence-electron chi connectivity index (χ3n) is 5.45. The first-order chi connectivity index (χ1) is 8.31. The molecule has 0 amide bonds. The van der Waals surface area contributed by atoms with E-state index in [0.29, 0.717) is 11.7 Å². The number of ether oxygens (including phenoxy) is 1. The Morgan fingerprint density at radius 1 is 1.06 bits per heavy atom. The summed E-state index contributed by atoms with van der Waals surface area (Å²) in [6.07, 6.45) is 14.2. The summed E-state index contributed by atoms with van der Waals surface area (Å²) in [6, 6.07) is 0.763. The molecule has 17 heavy (non-hydrogen) atoms. The highest BCUT2D eigenvalue weighted by Gasteiger charge is 2.43. The van der Waals surface area contributed by atoms with Gasteiger partial charge in [0, 0.05) is 6.04 Å². The monoisotopic (exact) mass is 237 g/mol. The van der Waals surface area contributed by atoms with Gasteiger partial charge in [0.05, 0.1) is 11.7 Å². The molecule has 2 aliphatic carbocycles. The van der Waals surface area contributed by atoms with Gasteiger partial charge in [-0.15, -0.1) is 0 Å². The van der Waals surface area contributed by atoms with Crippen LogP contribution in [0.4, 0.5) is 0 Å². The molecule has 1 saturated heterocycles. The van der Waals surface area contributed by atoms with Crippen molar-refractivity contribution in [2.45, 2.75) is 82.0 Å². The van der Waals surface area contributed by atoms with E-state index in [4.69, 9.17) is 4.74 Å². The van der Waals surface area contributed by atoms with Crippen molar-refractivity contribution in [3.05, 3.63) is 0 Å². The third-order valence-corrected chi connectivity index (χ3v) is 5.45. The Labute approximate surface area is 105 Å². The Morgan fingerprint density at radius 3 is 2.65 bits per heavy atom. The molecular weight excluding hydrogens is 210 g/mol. The lowest BCUT2D eigenvalue weighted by molar-refractivity contribution is -0.0449. The number of hydrogen-bond acceptors (Lipinski definition) is 2. The van der Waals surface area contributed by atoms with E-state index in [2.05, 4.69) is 12.4 Å². The molecule has 2 nitrogen and oxygen atoms in total. The molecule has 0 bridgehead atoms. The quantitative estimate of drug-likeness (QED) is 0.813. The van der Waals surface area contributed by atoms with Gasteiger partial charge in [-0.1, -0.05) is 19.3 Å². The van der Waals surface area contributed by atoms with E-state index in [1.54, 1.807) is 0 Å². The van der Waals surface area contributed by atoms with E-state index in [0.717, 1.165) is 12.0 Å². The minimum atomic E-state index is 0.332. The van der Waals surface area contributed by atoms with Gasteiger partial charge in [0.2, 0.25) is 0 Å². The predicted molar refractivity (Wildman–Crippen MR) is 70.1 cm³/mol. The summed E-state index contributed by atoms with van der Waals surface area (Å²) in [5.74, 6) is 0.876. The summed E-state index contributed by atoms with van der Waals surface area (Å²) in [7, 11) is 2.12. The molecule has 1 spiro atoms. The molecule has 98 valence electrons. The van der Waals surface area contributed by atoms with Gasteiger partial charge in [0.25, 0.3) is 0 Å². The minimum Gasteiger partial charge on any atom is -0.372 e. The fraction of sp³-hybridized carbons (Fsp3) is 1.00. The highest BCUT2D eigenvalue weighted by Crippen LogP contribution is 2.45. The topological polar surface area (TPSA) is 21.3 Å².